The van der Waals surface area contributed by atoms with Crippen molar-refractivity contribution < 1.29 is 4.79 Å². The van der Waals surface area contributed by atoms with E-state index in [1.807, 2.05) is 13.8 Å². The average Bonchev–Trinajstić information content (AvgIpc) is 2.50. The third-order valence-electron chi connectivity index (χ3n) is 1.60. The summed E-state index contributed by atoms with van der Waals surface area (Å²) in [6.45, 7) is 7.38. The van der Waals surface area contributed by atoms with Gasteiger partial charge in [-0.3, -0.25) is 9.48 Å². The lowest BCUT2D eigenvalue weighted by Crippen LogP contribution is -2.10. The Morgan fingerprint density at radius 1 is 1.75 bits per heavy atom. The molecule has 1 heterocycles. The summed E-state index contributed by atoms with van der Waals surface area (Å²) >= 11 is 0. The van der Waals surface area contributed by atoms with Gasteiger partial charge in [-0.1, -0.05) is 6.58 Å². The van der Waals surface area contributed by atoms with Crippen LogP contribution in [0.4, 0.5) is 0 Å². The van der Waals surface area contributed by atoms with Crippen LogP contribution in [-0.2, 0) is 0 Å². The van der Waals surface area contributed by atoms with Crippen LogP contribution in [0.25, 0.3) is 0 Å². The van der Waals surface area contributed by atoms with Gasteiger partial charge in [0.15, 0.2) is 0 Å². The average molecular weight is 164 g/mol. The van der Waals surface area contributed by atoms with Gasteiger partial charge >= 0.3 is 0 Å². The number of hydrogen-bond acceptors (Lipinski definition) is 2. The molecular formula is C9H12N2O. The highest BCUT2D eigenvalue weighted by atomic mass is 16.1. The molecule has 64 valence electrons. The standard InChI is InChI=1S/C9H12N2O/c1-4-9(12)8-5-6-10-11(8)7(2)3/h4-7H,1H2,2-3H3. The van der Waals surface area contributed by atoms with Crippen LogP contribution in [-0.4, -0.2) is 15.6 Å². The van der Waals surface area contributed by atoms with E-state index in [1.165, 1.54) is 6.08 Å². The Labute approximate surface area is 71.7 Å². The lowest BCUT2D eigenvalue weighted by atomic mass is 10.2. The number of aromatic nitrogens is 2. The van der Waals surface area contributed by atoms with Gasteiger partial charge < -0.3 is 0 Å². The molecule has 12 heavy (non-hydrogen) atoms. The van der Waals surface area contributed by atoms with Crippen LogP contribution in [0.1, 0.15) is 30.4 Å². The van der Waals surface area contributed by atoms with Crippen LogP contribution in [0.3, 0.4) is 0 Å². The molecule has 0 bridgehead atoms. The van der Waals surface area contributed by atoms with Crippen molar-refractivity contribution in [3.05, 3.63) is 30.6 Å². The molecule has 0 saturated heterocycles. The number of carbonyl (C=O) groups excluding carboxylic acids is 1. The Morgan fingerprint density at radius 3 is 2.92 bits per heavy atom. The van der Waals surface area contributed by atoms with Gasteiger partial charge in [-0.05, 0) is 26.0 Å². The summed E-state index contributed by atoms with van der Waals surface area (Å²) in [6.07, 6.45) is 2.92. The fourth-order valence-electron chi connectivity index (χ4n) is 1.03. The number of allylic oxidation sites excluding steroid dienone is 1. The lowest BCUT2D eigenvalue weighted by Gasteiger charge is -2.07. The first-order valence-corrected chi connectivity index (χ1v) is 3.87. The minimum absolute atomic E-state index is 0.0822. The van der Waals surface area contributed by atoms with Crippen LogP contribution in [0.15, 0.2) is 24.9 Å². The lowest BCUT2D eigenvalue weighted by molar-refractivity contribution is 0.103. The number of carbonyl (C=O) groups is 1. The quantitative estimate of drug-likeness (QED) is 0.504. The predicted molar refractivity (Wildman–Crippen MR) is 47.1 cm³/mol. The summed E-state index contributed by atoms with van der Waals surface area (Å²) in [5.41, 5.74) is 0.597. The summed E-state index contributed by atoms with van der Waals surface area (Å²) in [4.78, 5) is 11.2. The second kappa shape index (κ2) is 3.34. The van der Waals surface area contributed by atoms with Crippen molar-refractivity contribution in [1.29, 1.82) is 0 Å². The smallest absolute Gasteiger partial charge is 0.203 e. The van der Waals surface area contributed by atoms with E-state index >= 15 is 0 Å². The number of rotatable bonds is 3. The minimum atomic E-state index is -0.0822. The number of ketones is 1. The zero-order chi connectivity index (χ0) is 9.14. The van der Waals surface area contributed by atoms with Crippen molar-refractivity contribution in [2.24, 2.45) is 0 Å². The van der Waals surface area contributed by atoms with Gasteiger partial charge in [0, 0.05) is 12.2 Å². The van der Waals surface area contributed by atoms with E-state index in [1.54, 1.807) is 16.9 Å². The van der Waals surface area contributed by atoms with Gasteiger partial charge in [0.25, 0.3) is 0 Å². The van der Waals surface area contributed by atoms with Gasteiger partial charge in [0.1, 0.15) is 5.69 Å². The summed E-state index contributed by atoms with van der Waals surface area (Å²) in [5, 5.41) is 4.03. The van der Waals surface area contributed by atoms with Gasteiger partial charge in [-0.2, -0.15) is 5.10 Å². The molecule has 3 nitrogen and oxygen atoms in total. The molecule has 1 aromatic rings. The van der Waals surface area contributed by atoms with Crippen molar-refractivity contribution in [2.75, 3.05) is 0 Å². The molecule has 0 aliphatic carbocycles. The molecule has 0 N–H and O–H groups in total. The SMILES string of the molecule is C=CC(=O)c1ccnn1C(C)C. The van der Waals surface area contributed by atoms with Crippen LogP contribution >= 0.6 is 0 Å². The van der Waals surface area contributed by atoms with E-state index in [-0.39, 0.29) is 11.8 Å². The van der Waals surface area contributed by atoms with E-state index in [0.29, 0.717) is 5.69 Å². The molecule has 0 saturated carbocycles. The third kappa shape index (κ3) is 1.44. The molecule has 1 rings (SSSR count). The van der Waals surface area contributed by atoms with E-state index < -0.39 is 0 Å². The second-order valence-corrected chi connectivity index (χ2v) is 2.82. The second-order valence-electron chi connectivity index (χ2n) is 2.82. The van der Waals surface area contributed by atoms with Gasteiger partial charge in [-0.15, -0.1) is 0 Å². The Hall–Kier alpha value is -1.38. The highest BCUT2D eigenvalue weighted by molar-refractivity contribution is 6.02. The fourth-order valence-corrected chi connectivity index (χ4v) is 1.03. The maximum absolute atomic E-state index is 11.2. The minimum Gasteiger partial charge on any atom is -0.288 e. The zero-order valence-electron chi connectivity index (χ0n) is 7.32. The predicted octanol–water partition coefficient (Wildman–Crippen LogP) is 1.83. The largest absolute Gasteiger partial charge is 0.288 e. The molecule has 0 radical (unpaired) electrons. The van der Waals surface area contributed by atoms with Crippen molar-refractivity contribution >= 4 is 5.78 Å². The Bertz CT molecular complexity index is 299. The highest BCUT2D eigenvalue weighted by Gasteiger charge is 2.09. The van der Waals surface area contributed by atoms with Crippen molar-refractivity contribution in [2.45, 2.75) is 19.9 Å². The summed E-state index contributed by atoms with van der Waals surface area (Å²) in [6, 6.07) is 1.91. The Morgan fingerprint density at radius 2 is 2.42 bits per heavy atom. The molecule has 1 aromatic heterocycles. The topological polar surface area (TPSA) is 34.9 Å². The molecule has 0 amide bonds. The third-order valence-corrected chi connectivity index (χ3v) is 1.60. The molecule has 0 aliphatic rings. The van der Waals surface area contributed by atoms with E-state index in [9.17, 15) is 4.79 Å². The van der Waals surface area contributed by atoms with E-state index in [2.05, 4.69) is 11.7 Å². The Kier molecular flexibility index (Phi) is 2.43. The maximum Gasteiger partial charge on any atom is 0.203 e. The highest BCUT2D eigenvalue weighted by Crippen LogP contribution is 2.08. The number of nitrogens with zero attached hydrogens (tertiary/aromatic N) is 2. The molecule has 0 fully saturated rings. The zero-order valence-corrected chi connectivity index (χ0v) is 7.32. The van der Waals surface area contributed by atoms with Crippen LogP contribution in [0.2, 0.25) is 0 Å². The van der Waals surface area contributed by atoms with Crippen LogP contribution in [0, 0.1) is 0 Å². The van der Waals surface area contributed by atoms with Crippen molar-refractivity contribution in [3.63, 3.8) is 0 Å². The Balaban J connectivity index is 3.07. The first-order valence-electron chi connectivity index (χ1n) is 3.87. The van der Waals surface area contributed by atoms with E-state index in [0.717, 1.165) is 0 Å². The fraction of sp³-hybridized carbons (Fsp3) is 0.333. The molecule has 0 unspecified atom stereocenters. The summed E-state index contributed by atoms with van der Waals surface area (Å²) in [7, 11) is 0. The molecule has 0 spiro atoms. The number of hydrogen-bond donors (Lipinski definition) is 0. The monoisotopic (exact) mass is 164 g/mol. The van der Waals surface area contributed by atoms with Gasteiger partial charge in [0.2, 0.25) is 5.78 Å². The summed E-state index contributed by atoms with van der Waals surface area (Å²) < 4.78 is 1.68. The molecule has 0 aliphatic heterocycles. The van der Waals surface area contributed by atoms with E-state index in [4.69, 9.17) is 0 Å². The van der Waals surface area contributed by atoms with Crippen LogP contribution in [0.5, 0.6) is 0 Å². The molecule has 0 atom stereocenters. The first-order chi connectivity index (χ1) is 5.66. The van der Waals surface area contributed by atoms with Gasteiger partial charge in [-0.25, -0.2) is 0 Å². The van der Waals surface area contributed by atoms with Crippen LogP contribution < -0.4 is 0 Å². The molecule has 0 aromatic carbocycles. The van der Waals surface area contributed by atoms with Gasteiger partial charge in [0.05, 0.1) is 0 Å². The molecule has 3 heteroatoms. The summed E-state index contributed by atoms with van der Waals surface area (Å²) in [5.74, 6) is -0.0822. The van der Waals surface area contributed by atoms with Crippen molar-refractivity contribution in [1.82, 2.24) is 9.78 Å². The molecular weight excluding hydrogens is 152 g/mol. The normalized spacial score (nSPS) is 10.2. The van der Waals surface area contributed by atoms with Crippen molar-refractivity contribution in [3.8, 4) is 0 Å². The maximum atomic E-state index is 11.2. The first kappa shape index (κ1) is 8.71.